The Morgan fingerprint density at radius 1 is 0.956 bits per heavy atom. The van der Waals surface area contributed by atoms with Gasteiger partial charge in [0.15, 0.2) is 0 Å². The number of nitrogens with one attached hydrogen (secondary N) is 2. The van der Waals surface area contributed by atoms with E-state index in [2.05, 4.69) is 10.6 Å². The first-order valence-electron chi connectivity index (χ1n) is 15.1. The van der Waals surface area contributed by atoms with Crippen LogP contribution in [0.3, 0.4) is 0 Å². The number of sulfonamides is 1. The Balaban J connectivity index is 1.58. The second-order valence-electron chi connectivity index (χ2n) is 12.7. The van der Waals surface area contributed by atoms with E-state index in [9.17, 15) is 22.8 Å². The van der Waals surface area contributed by atoms with Crippen molar-refractivity contribution in [3.63, 3.8) is 0 Å². The lowest BCUT2D eigenvalue weighted by molar-refractivity contribution is -0.120. The van der Waals surface area contributed by atoms with Crippen molar-refractivity contribution >= 4 is 45.0 Å². The summed E-state index contributed by atoms with van der Waals surface area (Å²) in [5.41, 5.74) is -0.631. The standard InChI is InChI=1S/C34H38ClN3O6S/c1-6-44-24-14-18-29-27(20-24)34(5,26-19-22(13-17-28(26)35)30(39)36-23-9-7-8-10-23)32(41)38(29)45(42,43)25-15-11-21(12-16-25)31(40)37-33(2,3)4/h11-20,23H,6-10H2,1-5H3,(H,36,39)(H,37,40). The third-order valence-electron chi connectivity index (χ3n) is 8.25. The predicted octanol–water partition coefficient (Wildman–Crippen LogP) is 5.98. The van der Waals surface area contributed by atoms with Gasteiger partial charge in [0.1, 0.15) is 11.2 Å². The van der Waals surface area contributed by atoms with Crippen LogP contribution in [0.25, 0.3) is 0 Å². The van der Waals surface area contributed by atoms with Crippen molar-refractivity contribution in [1.82, 2.24) is 10.6 Å². The van der Waals surface area contributed by atoms with Crippen LogP contribution in [0.1, 0.15) is 92.1 Å². The van der Waals surface area contributed by atoms with Crippen LogP contribution in [0, 0.1) is 0 Å². The first kappa shape index (κ1) is 32.5. The van der Waals surface area contributed by atoms with Gasteiger partial charge in [-0.15, -0.1) is 0 Å². The van der Waals surface area contributed by atoms with Crippen molar-refractivity contribution in [2.45, 2.75) is 82.2 Å². The molecule has 0 spiro atoms. The average Bonchev–Trinajstić information content (AvgIpc) is 3.57. The lowest BCUT2D eigenvalue weighted by atomic mass is 9.76. The molecule has 3 aromatic carbocycles. The van der Waals surface area contributed by atoms with E-state index in [1.54, 1.807) is 37.3 Å². The number of hydrogen-bond donors (Lipinski definition) is 2. The summed E-state index contributed by atoms with van der Waals surface area (Å²) in [5, 5.41) is 6.12. The highest BCUT2D eigenvalue weighted by Gasteiger charge is 2.54. The number of carbonyl (C=O) groups is 3. The quantitative estimate of drug-likeness (QED) is 0.309. The van der Waals surface area contributed by atoms with E-state index in [0.717, 1.165) is 30.0 Å². The van der Waals surface area contributed by atoms with Crippen LogP contribution in [0.4, 0.5) is 5.69 Å². The minimum absolute atomic E-state index is 0.0846. The van der Waals surface area contributed by atoms with Gasteiger partial charge in [0.2, 0.25) is 0 Å². The van der Waals surface area contributed by atoms with Gasteiger partial charge in [-0.25, -0.2) is 12.7 Å². The molecule has 9 nitrogen and oxygen atoms in total. The van der Waals surface area contributed by atoms with E-state index in [1.165, 1.54) is 30.3 Å². The van der Waals surface area contributed by atoms with Crippen LogP contribution < -0.4 is 19.7 Å². The number of rotatable bonds is 8. The molecule has 238 valence electrons. The molecule has 0 radical (unpaired) electrons. The van der Waals surface area contributed by atoms with Gasteiger partial charge in [0.25, 0.3) is 27.7 Å². The highest BCUT2D eigenvalue weighted by atomic mass is 35.5. The summed E-state index contributed by atoms with van der Waals surface area (Å²) in [4.78, 5) is 40.2. The first-order chi connectivity index (χ1) is 21.2. The van der Waals surface area contributed by atoms with E-state index in [-0.39, 0.29) is 39.0 Å². The van der Waals surface area contributed by atoms with Gasteiger partial charge in [-0.3, -0.25) is 14.4 Å². The number of ether oxygens (including phenoxy) is 1. The van der Waals surface area contributed by atoms with Crippen molar-refractivity contribution < 1.29 is 27.5 Å². The second kappa shape index (κ2) is 12.1. The van der Waals surface area contributed by atoms with Crippen LogP contribution in [0.2, 0.25) is 5.02 Å². The molecule has 1 aliphatic heterocycles. The van der Waals surface area contributed by atoms with Gasteiger partial charge in [-0.05, 0) is 114 Å². The lowest BCUT2D eigenvalue weighted by Crippen LogP contribution is -2.42. The van der Waals surface area contributed by atoms with Gasteiger partial charge < -0.3 is 15.4 Å². The Labute approximate surface area is 269 Å². The topological polar surface area (TPSA) is 122 Å². The van der Waals surface area contributed by atoms with E-state index < -0.39 is 26.9 Å². The van der Waals surface area contributed by atoms with E-state index in [1.807, 2.05) is 27.7 Å². The highest BCUT2D eigenvalue weighted by molar-refractivity contribution is 7.93. The van der Waals surface area contributed by atoms with Crippen molar-refractivity contribution in [3.8, 4) is 5.75 Å². The van der Waals surface area contributed by atoms with Gasteiger partial charge >= 0.3 is 0 Å². The molecule has 0 aromatic heterocycles. The van der Waals surface area contributed by atoms with Crippen LogP contribution in [0.15, 0.2) is 65.6 Å². The summed E-state index contributed by atoms with van der Waals surface area (Å²) in [7, 11) is -4.45. The third kappa shape index (κ3) is 6.18. The highest BCUT2D eigenvalue weighted by Crippen LogP contribution is 2.51. The number of anilines is 1. The fourth-order valence-corrected chi connectivity index (χ4v) is 7.78. The molecule has 1 atom stereocenters. The van der Waals surface area contributed by atoms with Gasteiger partial charge in [-0.2, -0.15) is 0 Å². The number of hydrogen-bond acceptors (Lipinski definition) is 6. The molecule has 2 N–H and O–H groups in total. The molecule has 1 unspecified atom stereocenters. The first-order valence-corrected chi connectivity index (χ1v) is 16.9. The molecule has 0 saturated heterocycles. The van der Waals surface area contributed by atoms with Crippen molar-refractivity contribution in [2.75, 3.05) is 10.9 Å². The largest absolute Gasteiger partial charge is 0.494 e. The molecule has 45 heavy (non-hydrogen) atoms. The Bertz CT molecular complexity index is 1760. The molecule has 2 aliphatic rings. The Morgan fingerprint density at radius 2 is 1.60 bits per heavy atom. The summed E-state index contributed by atoms with van der Waals surface area (Å²) >= 11 is 6.72. The zero-order valence-corrected chi connectivity index (χ0v) is 27.6. The van der Waals surface area contributed by atoms with E-state index >= 15 is 0 Å². The fraction of sp³-hybridized carbons (Fsp3) is 0.382. The monoisotopic (exact) mass is 651 g/mol. The molecule has 3 amide bonds. The minimum Gasteiger partial charge on any atom is -0.494 e. The zero-order chi connectivity index (χ0) is 32.7. The van der Waals surface area contributed by atoms with Gasteiger partial charge in [0, 0.05) is 33.3 Å². The normalized spacial score (nSPS) is 18.5. The van der Waals surface area contributed by atoms with Crippen LogP contribution in [-0.2, 0) is 20.2 Å². The van der Waals surface area contributed by atoms with E-state index in [4.69, 9.17) is 16.3 Å². The summed E-state index contributed by atoms with van der Waals surface area (Å²) in [6.45, 7) is 9.33. The summed E-state index contributed by atoms with van der Waals surface area (Å²) < 4.78 is 34.9. The van der Waals surface area contributed by atoms with Crippen molar-refractivity contribution in [1.29, 1.82) is 0 Å². The molecule has 1 aliphatic carbocycles. The maximum atomic E-state index is 14.5. The summed E-state index contributed by atoms with van der Waals surface area (Å²) in [5.74, 6) is -0.931. The summed E-state index contributed by atoms with van der Waals surface area (Å²) in [6, 6.07) is 15.1. The number of halogens is 1. The number of amides is 3. The Kier molecular flexibility index (Phi) is 8.76. The molecule has 0 bridgehead atoms. The maximum absolute atomic E-state index is 14.5. The molecular weight excluding hydrogens is 614 g/mol. The van der Waals surface area contributed by atoms with Crippen LogP contribution in [-0.4, -0.2) is 44.3 Å². The lowest BCUT2D eigenvalue weighted by Gasteiger charge is -2.26. The SMILES string of the molecule is CCOc1ccc2c(c1)C(C)(c1cc(C(=O)NC3CCCC3)ccc1Cl)C(=O)N2S(=O)(=O)c1ccc(C(=O)NC(C)(C)C)cc1. The second-order valence-corrected chi connectivity index (χ2v) is 14.9. The third-order valence-corrected chi connectivity index (χ3v) is 10.3. The smallest absolute Gasteiger partial charge is 0.270 e. The Morgan fingerprint density at radius 3 is 2.22 bits per heavy atom. The summed E-state index contributed by atoms with van der Waals surface area (Å²) in [6.07, 6.45) is 3.93. The number of fused-ring (bicyclic) bond motifs is 1. The zero-order valence-electron chi connectivity index (χ0n) is 26.1. The van der Waals surface area contributed by atoms with Gasteiger partial charge in [0.05, 0.1) is 17.2 Å². The number of carbonyl (C=O) groups excluding carboxylic acids is 3. The molecule has 5 rings (SSSR count). The minimum atomic E-state index is -4.45. The van der Waals surface area contributed by atoms with E-state index in [0.29, 0.717) is 29.0 Å². The number of benzene rings is 3. The molecule has 3 aromatic rings. The van der Waals surface area contributed by atoms with Gasteiger partial charge in [-0.1, -0.05) is 24.4 Å². The molecule has 1 fully saturated rings. The fourth-order valence-electron chi connectivity index (χ4n) is 5.96. The average molecular weight is 652 g/mol. The molecule has 1 saturated carbocycles. The van der Waals surface area contributed by atoms with Crippen LogP contribution >= 0.6 is 11.6 Å². The molecule has 1 heterocycles. The molecular formula is C34H38ClN3O6S. The maximum Gasteiger partial charge on any atom is 0.270 e. The van der Waals surface area contributed by atoms with Crippen molar-refractivity contribution in [3.05, 3.63) is 87.9 Å². The van der Waals surface area contributed by atoms with Crippen LogP contribution in [0.5, 0.6) is 5.75 Å². The van der Waals surface area contributed by atoms with Crippen molar-refractivity contribution in [2.24, 2.45) is 0 Å². The Hall–Kier alpha value is -3.89. The predicted molar refractivity (Wildman–Crippen MR) is 174 cm³/mol. The number of nitrogens with zero attached hydrogens (tertiary/aromatic N) is 1. The molecule has 11 heteroatoms.